The fourth-order valence-electron chi connectivity index (χ4n) is 5.82. The Labute approximate surface area is 203 Å². The molecule has 0 radical (unpaired) electrons. The Morgan fingerprint density at radius 1 is 1.18 bits per heavy atom. The first-order valence-electron chi connectivity index (χ1n) is 11.6. The molecule has 4 aliphatic rings. The third-order valence-corrected chi connectivity index (χ3v) is 9.47. The summed E-state index contributed by atoms with van der Waals surface area (Å²) in [6, 6.07) is 0. The quantitative estimate of drug-likeness (QED) is 0.632. The van der Waals surface area contributed by atoms with E-state index in [1.165, 1.54) is 0 Å². The number of aliphatic hydroxyl groups is 1. The van der Waals surface area contributed by atoms with E-state index >= 15 is 0 Å². The SMILES string of the molecule is O=[S@@]1c2c(nc(N3CC4CC(c5ncc(Cl)cn5)CC4C3)nc2NC2(CO)CCC2)CC1(F)F. The highest BCUT2D eigenvalue weighted by atomic mass is 35.5. The molecule has 12 heteroatoms. The summed E-state index contributed by atoms with van der Waals surface area (Å²) < 4.78 is 41.3. The van der Waals surface area contributed by atoms with E-state index in [4.69, 9.17) is 11.6 Å². The van der Waals surface area contributed by atoms with Crippen molar-refractivity contribution >= 4 is 34.2 Å². The molecule has 2 unspecified atom stereocenters. The summed E-state index contributed by atoms with van der Waals surface area (Å²) in [5, 5.41) is 10.2. The van der Waals surface area contributed by atoms with Crippen molar-refractivity contribution in [3.05, 3.63) is 28.9 Å². The highest BCUT2D eigenvalue weighted by molar-refractivity contribution is 7.86. The Bertz CT molecular complexity index is 1130. The maximum absolute atomic E-state index is 14.4. The first-order valence-corrected chi connectivity index (χ1v) is 13.1. The minimum Gasteiger partial charge on any atom is -0.394 e. The molecule has 8 nitrogen and oxygen atoms in total. The number of anilines is 2. The van der Waals surface area contributed by atoms with E-state index in [1.54, 1.807) is 12.4 Å². The second-order valence-corrected chi connectivity index (χ2v) is 12.0. The molecule has 0 bridgehead atoms. The molecule has 0 amide bonds. The zero-order valence-corrected chi connectivity index (χ0v) is 20.0. The zero-order chi connectivity index (χ0) is 23.7. The van der Waals surface area contributed by atoms with Gasteiger partial charge in [0.15, 0.2) is 0 Å². The van der Waals surface area contributed by atoms with Gasteiger partial charge in [0.2, 0.25) is 5.95 Å². The van der Waals surface area contributed by atoms with Crippen molar-refractivity contribution in [3.63, 3.8) is 0 Å². The van der Waals surface area contributed by atoms with E-state index in [0.29, 0.717) is 35.6 Å². The van der Waals surface area contributed by atoms with E-state index in [0.717, 1.165) is 38.2 Å². The van der Waals surface area contributed by atoms with Gasteiger partial charge in [-0.2, -0.15) is 13.8 Å². The van der Waals surface area contributed by atoms with E-state index in [9.17, 15) is 18.1 Å². The predicted octanol–water partition coefficient (Wildman–Crippen LogP) is 3.13. The van der Waals surface area contributed by atoms with Gasteiger partial charge in [0, 0.05) is 31.4 Å². The molecule has 2 aromatic heterocycles. The number of hydrogen-bond acceptors (Lipinski definition) is 8. The summed E-state index contributed by atoms with van der Waals surface area (Å²) in [5.74, 6) is 2.46. The fraction of sp³-hybridized carbons (Fsp3) is 0.636. The van der Waals surface area contributed by atoms with E-state index in [2.05, 4.69) is 25.3 Å². The molecule has 2 N–H and O–H groups in total. The van der Waals surface area contributed by atoms with Gasteiger partial charge in [0.25, 0.3) is 0 Å². The summed E-state index contributed by atoms with van der Waals surface area (Å²) in [6.07, 6.45) is 6.81. The lowest BCUT2D eigenvalue weighted by molar-refractivity contribution is 0.104. The zero-order valence-electron chi connectivity index (χ0n) is 18.4. The number of fused-ring (bicyclic) bond motifs is 2. The fourth-order valence-corrected chi connectivity index (χ4v) is 7.09. The molecule has 0 aromatic carbocycles. The standard InChI is InChI=1S/C22H25ClF2N6O2S/c23-15-7-26-18(27-8-15)12-4-13-9-31(10-14(13)5-12)20-28-16-6-22(24,25)34(33)17(16)19(29-20)30-21(11-32)2-1-3-21/h7-8,12-14,32H,1-6,9-11H2,(H,28,29,30)/t12?,13?,14?,34-/m1/s1. The van der Waals surface area contributed by atoms with Crippen LogP contribution in [0.15, 0.2) is 17.3 Å². The molecule has 6 rings (SSSR count). The number of nitrogens with one attached hydrogen (secondary N) is 1. The molecule has 2 saturated carbocycles. The van der Waals surface area contributed by atoms with Gasteiger partial charge in [-0.05, 0) is 43.9 Å². The molecular formula is C22H25ClF2N6O2S. The van der Waals surface area contributed by atoms with E-state index in [1.807, 2.05) is 4.90 Å². The normalized spacial score (nSPS) is 30.6. The summed E-state index contributed by atoms with van der Waals surface area (Å²) in [4.78, 5) is 19.8. The minimum absolute atomic E-state index is 0.0205. The number of nitrogens with zero attached hydrogens (tertiary/aromatic N) is 5. The molecule has 2 aromatic rings. The topological polar surface area (TPSA) is 104 Å². The van der Waals surface area contributed by atoms with Gasteiger partial charge in [-0.3, -0.25) is 0 Å². The van der Waals surface area contributed by atoms with Gasteiger partial charge in [0.1, 0.15) is 27.3 Å². The maximum Gasteiger partial charge on any atom is 0.331 e. The van der Waals surface area contributed by atoms with Gasteiger partial charge < -0.3 is 15.3 Å². The lowest BCUT2D eigenvalue weighted by atomic mass is 9.77. The number of alkyl halides is 2. The summed E-state index contributed by atoms with van der Waals surface area (Å²) in [7, 11) is -2.52. The Balaban J connectivity index is 1.25. The number of rotatable bonds is 5. The van der Waals surface area contributed by atoms with E-state index in [-0.39, 0.29) is 28.9 Å². The molecule has 3 fully saturated rings. The third kappa shape index (κ3) is 3.67. The van der Waals surface area contributed by atoms with Crippen molar-refractivity contribution < 1.29 is 18.1 Å². The van der Waals surface area contributed by atoms with Gasteiger partial charge in [-0.25, -0.2) is 19.2 Å². The highest BCUT2D eigenvalue weighted by Crippen LogP contribution is 2.48. The molecule has 2 aliphatic carbocycles. The van der Waals surface area contributed by atoms with Crippen LogP contribution in [0.1, 0.15) is 49.5 Å². The van der Waals surface area contributed by atoms with Crippen molar-refractivity contribution in [2.24, 2.45) is 11.8 Å². The second-order valence-electron chi connectivity index (χ2n) is 10.0. The molecule has 2 aliphatic heterocycles. The van der Waals surface area contributed by atoms with Gasteiger partial charge in [-0.1, -0.05) is 11.6 Å². The van der Waals surface area contributed by atoms with Crippen LogP contribution in [0.25, 0.3) is 0 Å². The van der Waals surface area contributed by atoms with Gasteiger partial charge in [0.05, 0.1) is 29.3 Å². The van der Waals surface area contributed by atoms with Crippen LogP contribution in [-0.4, -0.2) is 59.7 Å². The average Bonchev–Trinajstić information content (AvgIpc) is 3.41. The van der Waals surface area contributed by atoms with E-state index < -0.39 is 28.0 Å². The third-order valence-electron chi connectivity index (χ3n) is 7.79. The number of hydrogen-bond donors (Lipinski definition) is 2. The van der Waals surface area contributed by atoms with Crippen LogP contribution in [0.3, 0.4) is 0 Å². The molecule has 34 heavy (non-hydrogen) atoms. The summed E-state index contributed by atoms with van der Waals surface area (Å²) in [6.45, 7) is 1.31. The summed E-state index contributed by atoms with van der Waals surface area (Å²) in [5.41, 5.74) is -0.470. The first-order chi connectivity index (χ1) is 16.3. The van der Waals surface area contributed by atoms with Crippen LogP contribution in [0.4, 0.5) is 20.5 Å². The Kier molecular flexibility index (Phi) is 5.31. The maximum atomic E-state index is 14.4. The molecule has 182 valence electrons. The first kappa shape index (κ1) is 22.5. The monoisotopic (exact) mass is 510 g/mol. The van der Waals surface area contributed by atoms with Crippen LogP contribution in [0.2, 0.25) is 5.02 Å². The van der Waals surface area contributed by atoms with Crippen LogP contribution in [-0.2, 0) is 17.2 Å². The molecule has 4 heterocycles. The molecular weight excluding hydrogens is 486 g/mol. The Hall–Kier alpha value is -1.98. The largest absolute Gasteiger partial charge is 0.394 e. The van der Waals surface area contributed by atoms with Crippen molar-refractivity contribution in [2.45, 2.75) is 60.1 Å². The Morgan fingerprint density at radius 2 is 1.85 bits per heavy atom. The van der Waals surface area contributed by atoms with Crippen LogP contribution in [0, 0.1) is 11.8 Å². The molecule has 3 atom stereocenters. The lowest BCUT2D eigenvalue weighted by Crippen LogP contribution is -2.48. The predicted molar refractivity (Wildman–Crippen MR) is 123 cm³/mol. The van der Waals surface area contributed by atoms with Crippen molar-refractivity contribution in [1.82, 2.24) is 19.9 Å². The second kappa shape index (κ2) is 8.03. The smallest absolute Gasteiger partial charge is 0.331 e. The number of aromatic nitrogens is 4. The van der Waals surface area contributed by atoms with Crippen molar-refractivity contribution in [1.29, 1.82) is 0 Å². The van der Waals surface area contributed by atoms with Crippen LogP contribution < -0.4 is 10.2 Å². The average molecular weight is 511 g/mol. The Morgan fingerprint density at radius 3 is 2.44 bits per heavy atom. The number of halogens is 3. The van der Waals surface area contributed by atoms with Crippen molar-refractivity contribution in [2.75, 3.05) is 29.9 Å². The van der Waals surface area contributed by atoms with Crippen molar-refractivity contribution in [3.8, 4) is 0 Å². The van der Waals surface area contributed by atoms with Crippen LogP contribution in [0.5, 0.6) is 0 Å². The van der Waals surface area contributed by atoms with Gasteiger partial charge in [-0.15, -0.1) is 0 Å². The van der Waals surface area contributed by atoms with Gasteiger partial charge >= 0.3 is 5.25 Å². The molecule has 0 spiro atoms. The number of aliphatic hydroxyl groups excluding tert-OH is 1. The summed E-state index contributed by atoms with van der Waals surface area (Å²) >= 11 is 5.91. The highest BCUT2D eigenvalue weighted by Gasteiger charge is 2.51. The minimum atomic E-state index is -3.37. The van der Waals surface area contributed by atoms with Crippen LogP contribution >= 0.6 is 11.6 Å². The molecule has 1 saturated heterocycles. The lowest BCUT2D eigenvalue weighted by Gasteiger charge is -2.41.